The number of carbonyl (C=O) groups is 1. The van der Waals surface area contributed by atoms with Gasteiger partial charge in [0.2, 0.25) is 0 Å². The zero-order valence-corrected chi connectivity index (χ0v) is 7.94. The van der Waals surface area contributed by atoms with Gasteiger partial charge in [-0.1, -0.05) is 0 Å². The van der Waals surface area contributed by atoms with E-state index >= 15 is 0 Å². The molecule has 5 heteroatoms. The standard InChI is InChI=1S/C11H6F2O3/c12-7-1-3-9(13)10(5-7)16-11-4-2-8(6-14)15-11/h1-6H. The molecule has 2 aromatic rings. The van der Waals surface area contributed by atoms with Gasteiger partial charge in [-0.3, -0.25) is 4.79 Å². The lowest BCUT2D eigenvalue weighted by Crippen LogP contribution is -1.88. The number of ether oxygens (including phenoxy) is 1. The summed E-state index contributed by atoms with van der Waals surface area (Å²) in [5.74, 6) is -1.67. The maximum Gasteiger partial charge on any atom is 0.290 e. The van der Waals surface area contributed by atoms with Crippen LogP contribution in [0.3, 0.4) is 0 Å². The molecule has 1 aromatic heterocycles. The van der Waals surface area contributed by atoms with E-state index in [4.69, 9.17) is 9.15 Å². The SMILES string of the molecule is O=Cc1ccc(Oc2cc(F)ccc2F)o1. The first kappa shape index (κ1) is 10.4. The quantitative estimate of drug-likeness (QED) is 0.751. The molecule has 0 fully saturated rings. The molecule has 0 aliphatic rings. The van der Waals surface area contributed by atoms with Gasteiger partial charge in [-0.2, -0.15) is 0 Å². The Hall–Kier alpha value is -2.17. The fourth-order valence-electron chi connectivity index (χ4n) is 1.12. The Balaban J connectivity index is 2.26. The molecule has 0 spiro atoms. The maximum absolute atomic E-state index is 13.1. The van der Waals surface area contributed by atoms with Crippen LogP contribution < -0.4 is 4.74 Å². The van der Waals surface area contributed by atoms with E-state index in [1.165, 1.54) is 12.1 Å². The Morgan fingerprint density at radius 3 is 2.69 bits per heavy atom. The summed E-state index contributed by atoms with van der Waals surface area (Å²) in [4.78, 5) is 10.3. The number of carbonyl (C=O) groups excluding carboxylic acids is 1. The largest absolute Gasteiger partial charge is 0.423 e. The van der Waals surface area contributed by atoms with Crippen LogP contribution >= 0.6 is 0 Å². The van der Waals surface area contributed by atoms with Crippen LogP contribution in [0.5, 0.6) is 11.7 Å². The summed E-state index contributed by atoms with van der Waals surface area (Å²) in [6.45, 7) is 0. The summed E-state index contributed by atoms with van der Waals surface area (Å²) in [6.07, 6.45) is 0.481. The molecule has 3 nitrogen and oxygen atoms in total. The van der Waals surface area contributed by atoms with Crippen molar-refractivity contribution in [2.45, 2.75) is 0 Å². The molecule has 82 valence electrons. The number of aldehydes is 1. The van der Waals surface area contributed by atoms with Gasteiger partial charge >= 0.3 is 0 Å². The fourth-order valence-corrected chi connectivity index (χ4v) is 1.12. The van der Waals surface area contributed by atoms with Crippen LogP contribution in [0.15, 0.2) is 34.7 Å². The van der Waals surface area contributed by atoms with Crippen molar-refractivity contribution >= 4 is 6.29 Å². The highest BCUT2D eigenvalue weighted by molar-refractivity contribution is 5.70. The monoisotopic (exact) mass is 224 g/mol. The first-order valence-electron chi connectivity index (χ1n) is 4.37. The third-order valence-electron chi connectivity index (χ3n) is 1.82. The molecular weight excluding hydrogens is 218 g/mol. The summed E-state index contributed by atoms with van der Waals surface area (Å²) in [7, 11) is 0. The van der Waals surface area contributed by atoms with E-state index in [9.17, 15) is 13.6 Å². The first-order valence-corrected chi connectivity index (χ1v) is 4.37. The predicted octanol–water partition coefficient (Wildman–Crippen LogP) is 3.16. The second kappa shape index (κ2) is 4.14. The third-order valence-corrected chi connectivity index (χ3v) is 1.82. The average Bonchev–Trinajstić information content (AvgIpc) is 2.71. The molecule has 2 rings (SSSR count). The van der Waals surface area contributed by atoms with Crippen LogP contribution in [-0.2, 0) is 0 Å². The smallest absolute Gasteiger partial charge is 0.290 e. The molecule has 0 radical (unpaired) electrons. The fraction of sp³-hybridized carbons (Fsp3) is 0. The van der Waals surface area contributed by atoms with Gasteiger partial charge in [0.1, 0.15) is 5.82 Å². The summed E-state index contributed by atoms with van der Waals surface area (Å²) >= 11 is 0. The molecule has 1 aromatic carbocycles. The minimum Gasteiger partial charge on any atom is -0.423 e. The lowest BCUT2D eigenvalue weighted by Gasteiger charge is -2.02. The van der Waals surface area contributed by atoms with E-state index in [-0.39, 0.29) is 17.5 Å². The van der Waals surface area contributed by atoms with Crippen LogP contribution in [0.2, 0.25) is 0 Å². The number of hydrogen-bond acceptors (Lipinski definition) is 3. The van der Waals surface area contributed by atoms with Crippen molar-refractivity contribution in [1.82, 2.24) is 0 Å². The summed E-state index contributed by atoms with van der Waals surface area (Å²) < 4.78 is 35.7. The highest BCUT2D eigenvalue weighted by Crippen LogP contribution is 2.26. The molecule has 0 bridgehead atoms. The van der Waals surface area contributed by atoms with Crippen LogP contribution in [0.1, 0.15) is 10.6 Å². The topological polar surface area (TPSA) is 39.4 Å². The van der Waals surface area contributed by atoms with Gasteiger partial charge in [0.25, 0.3) is 5.95 Å². The maximum atomic E-state index is 13.1. The molecule has 0 N–H and O–H groups in total. The summed E-state index contributed by atoms with van der Waals surface area (Å²) in [5, 5.41) is 0. The number of halogens is 2. The van der Waals surface area contributed by atoms with Gasteiger partial charge in [0.05, 0.1) is 0 Å². The molecule has 0 amide bonds. The molecule has 0 saturated carbocycles. The van der Waals surface area contributed by atoms with E-state index in [0.717, 1.165) is 18.2 Å². The van der Waals surface area contributed by atoms with E-state index in [2.05, 4.69) is 0 Å². The van der Waals surface area contributed by atoms with E-state index in [0.29, 0.717) is 6.29 Å². The van der Waals surface area contributed by atoms with Crippen molar-refractivity contribution in [3.63, 3.8) is 0 Å². The van der Waals surface area contributed by atoms with Gasteiger partial charge in [0.15, 0.2) is 23.6 Å². The van der Waals surface area contributed by atoms with Crippen molar-refractivity contribution in [2.75, 3.05) is 0 Å². The van der Waals surface area contributed by atoms with Crippen molar-refractivity contribution in [2.24, 2.45) is 0 Å². The van der Waals surface area contributed by atoms with Gasteiger partial charge in [-0.25, -0.2) is 8.78 Å². The van der Waals surface area contributed by atoms with Crippen molar-refractivity contribution < 1.29 is 22.7 Å². The summed E-state index contributed by atoms with van der Waals surface area (Å²) in [6, 6.07) is 5.50. The van der Waals surface area contributed by atoms with E-state index < -0.39 is 11.6 Å². The number of furan rings is 1. The first-order chi connectivity index (χ1) is 7.69. The zero-order valence-electron chi connectivity index (χ0n) is 7.94. The van der Waals surface area contributed by atoms with E-state index in [1.54, 1.807) is 0 Å². The van der Waals surface area contributed by atoms with Crippen molar-refractivity contribution in [3.8, 4) is 11.7 Å². The number of benzene rings is 1. The minimum absolute atomic E-state index is 0.0480. The lowest BCUT2D eigenvalue weighted by molar-refractivity contribution is 0.109. The zero-order chi connectivity index (χ0) is 11.5. The molecule has 0 atom stereocenters. The lowest BCUT2D eigenvalue weighted by atomic mass is 10.3. The summed E-state index contributed by atoms with van der Waals surface area (Å²) in [5.41, 5.74) is 0. The number of hydrogen-bond donors (Lipinski definition) is 0. The molecule has 0 aliphatic heterocycles. The minimum atomic E-state index is -0.717. The van der Waals surface area contributed by atoms with Crippen LogP contribution in [0.25, 0.3) is 0 Å². The molecule has 0 aliphatic carbocycles. The van der Waals surface area contributed by atoms with Gasteiger partial charge in [0, 0.05) is 12.1 Å². The second-order valence-corrected chi connectivity index (χ2v) is 2.95. The van der Waals surface area contributed by atoms with Gasteiger partial charge < -0.3 is 9.15 Å². The normalized spacial score (nSPS) is 10.1. The Labute approximate surface area is 89.3 Å². The van der Waals surface area contributed by atoms with Gasteiger partial charge in [-0.15, -0.1) is 0 Å². The Morgan fingerprint density at radius 2 is 2.00 bits per heavy atom. The second-order valence-electron chi connectivity index (χ2n) is 2.95. The third kappa shape index (κ3) is 2.08. The molecular formula is C11H6F2O3. The van der Waals surface area contributed by atoms with Crippen molar-refractivity contribution in [1.29, 1.82) is 0 Å². The van der Waals surface area contributed by atoms with Gasteiger partial charge in [-0.05, 0) is 18.2 Å². The molecule has 1 heterocycles. The van der Waals surface area contributed by atoms with Crippen molar-refractivity contribution in [3.05, 3.63) is 47.7 Å². The Bertz CT molecular complexity index is 520. The Kier molecular flexibility index (Phi) is 2.68. The molecule has 0 saturated heterocycles. The van der Waals surface area contributed by atoms with Crippen LogP contribution in [-0.4, -0.2) is 6.29 Å². The van der Waals surface area contributed by atoms with E-state index in [1.807, 2.05) is 0 Å². The molecule has 0 unspecified atom stereocenters. The number of rotatable bonds is 3. The highest BCUT2D eigenvalue weighted by atomic mass is 19.1. The van der Waals surface area contributed by atoms with Crippen LogP contribution in [0, 0.1) is 11.6 Å². The average molecular weight is 224 g/mol. The highest BCUT2D eigenvalue weighted by Gasteiger charge is 2.09. The molecule has 16 heavy (non-hydrogen) atoms. The predicted molar refractivity (Wildman–Crippen MR) is 50.5 cm³/mol. The van der Waals surface area contributed by atoms with Crippen LogP contribution in [0.4, 0.5) is 8.78 Å². The Morgan fingerprint density at radius 1 is 1.19 bits per heavy atom.